The second-order valence-corrected chi connectivity index (χ2v) is 6.79. The number of benzene rings is 1. The maximum absolute atomic E-state index is 11.0. The van der Waals surface area contributed by atoms with Crippen molar-refractivity contribution in [2.45, 2.75) is 13.5 Å². The zero-order valence-corrected chi connectivity index (χ0v) is 14.5. The number of thiophene rings is 1. The number of hydrogen-bond acceptors (Lipinski definition) is 5. The Morgan fingerprint density at radius 1 is 1.32 bits per heavy atom. The van der Waals surface area contributed by atoms with Gasteiger partial charge in [-0.05, 0) is 23.1 Å². The summed E-state index contributed by atoms with van der Waals surface area (Å²) < 4.78 is 1.80. The lowest BCUT2D eigenvalue weighted by Gasteiger charge is -2.03. The summed E-state index contributed by atoms with van der Waals surface area (Å²) in [7, 11) is 0. The van der Waals surface area contributed by atoms with E-state index in [0.717, 1.165) is 21.9 Å². The van der Waals surface area contributed by atoms with Crippen LogP contribution in [0.2, 0.25) is 0 Å². The van der Waals surface area contributed by atoms with Crippen LogP contribution < -0.4 is 11.1 Å². The molecule has 0 fully saturated rings. The Labute approximate surface area is 148 Å². The van der Waals surface area contributed by atoms with Gasteiger partial charge in [0.05, 0.1) is 12.1 Å². The number of pyridine rings is 1. The van der Waals surface area contributed by atoms with Crippen molar-refractivity contribution in [3.8, 4) is 10.4 Å². The first kappa shape index (κ1) is 15.6. The molecule has 0 aliphatic carbocycles. The molecule has 6 nitrogen and oxygen atoms in total. The molecule has 3 heterocycles. The van der Waals surface area contributed by atoms with Gasteiger partial charge in [0.2, 0.25) is 5.91 Å². The third kappa shape index (κ3) is 2.94. The molecule has 0 saturated carbocycles. The molecule has 1 amide bonds. The number of nitrogens with zero attached hydrogens (tertiary/aromatic N) is 3. The van der Waals surface area contributed by atoms with Crippen molar-refractivity contribution in [3.63, 3.8) is 0 Å². The van der Waals surface area contributed by atoms with Gasteiger partial charge in [0, 0.05) is 35.3 Å². The number of aromatic nitrogens is 3. The fraction of sp³-hybridized carbons (Fsp3) is 0.167. The van der Waals surface area contributed by atoms with E-state index in [9.17, 15) is 4.79 Å². The summed E-state index contributed by atoms with van der Waals surface area (Å²) in [4.78, 5) is 16.7. The Balaban J connectivity index is 1.77. The highest BCUT2D eigenvalue weighted by atomic mass is 32.1. The van der Waals surface area contributed by atoms with Crippen molar-refractivity contribution in [1.82, 2.24) is 20.1 Å². The quantitative estimate of drug-likeness (QED) is 0.592. The smallest absolute Gasteiger partial charge is 0.216 e. The number of nitrogens with two attached hydrogens (primary N) is 1. The summed E-state index contributed by atoms with van der Waals surface area (Å²) in [6.45, 7) is 2.61. The van der Waals surface area contributed by atoms with E-state index in [2.05, 4.69) is 45.0 Å². The van der Waals surface area contributed by atoms with Crippen LogP contribution in [0.1, 0.15) is 6.92 Å². The van der Waals surface area contributed by atoms with Gasteiger partial charge in [0.25, 0.3) is 0 Å². The van der Waals surface area contributed by atoms with Crippen molar-refractivity contribution in [3.05, 3.63) is 41.9 Å². The van der Waals surface area contributed by atoms with Crippen LogP contribution in [0.15, 0.2) is 41.9 Å². The minimum atomic E-state index is -0.0514. The molecule has 3 N–H and O–H groups in total. The van der Waals surface area contributed by atoms with Crippen LogP contribution in [-0.2, 0) is 11.3 Å². The van der Waals surface area contributed by atoms with E-state index in [0.29, 0.717) is 24.4 Å². The second-order valence-electron chi connectivity index (χ2n) is 5.84. The summed E-state index contributed by atoms with van der Waals surface area (Å²) in [5.41, 5.74) is 8.81. The molecule has 0 unspecified atom stereocenters. The van der Waals surface area contributed by atoms with Gasteiger partial charge in [0.1, 0.15) is 5.52 Å². The molecule has 4 rings (SSSR count). The lowest BCUT2D eigenvalue weighted by molar-refractivity contribution is -0.118. The van der Waals surface area contributed by atoms with Crippen molar-refractivity contribution < 1.29 is 4.79 Å². The fourth-order valence-electron chi connectivity index (χ4n) is 2.90. The van der Waals surface area contributed by atoms with Gasteiger partial charge in [0.15, 0.2) is 5.82 Å². The molecular formula is C18H17N5OS. The number of amides is 1. The Hall–Kier alpha value is -2.93. The van der Waals surface area contributed by atoms with Crippen molar-refractivity contribution in [2.75, 3.05) is 12.3 Å². The average Bonchev–Trinajstić information content (AvgIpc) is 3.24. The number of nitrogens with one attached hydrogen (secondary N) is 1. The first-order valence-electron chi connectivity index (χ1n) is 7.96. The molecule has 126 valence electrons. The molecule has 0 aliphatic rings. The molecule has 1 aromatic carbocycles. The van der Waals surface area contributed by atoms with Gasteiger partial charge in [-0.25, -0.2) is 4.98 Å². The number of carbonyl (C=O) groups excluding carboxylic acids is 1. The third-order valence-electron chi connectivity index (χ3n) is 4.05. The minimum Gasteiger partial charge on any atom is -0.382 e. The van der Waals surface area contributed by atoms with Crippen molar-refractivity contribution in [2.24, 2.45) is 0 Å². The molecule has 4 aromatic rings. The minimum absolute atomic E-state index is 0.0514. The largest absolute Gasteiger partial charge is 0.382 e. The number of carbonyl (C=O) groups is 1. The van der Waals surface area contributed by atoms with E-state index >= 15 is 0 Å². The zero-order chi connectivity index (χ0) is 17.4. The highest BCUT2D eigenvalue weighted by Gasteiger charge is 2.12. The first-order chi connectivity index (χ1) is 12.1. The topological polar surface area (TPSA) is 85.8 Å². The van der Waals surface area contributed by atoms with Crippen molar-refractivity contribution >= 4 is 44.9 Å². The highest BCUT2D eigenvalue weighted by molar-refractivity contribution is 7.13. The maximum atomic E-state index is 11.0. The third-order valence-corrected chi connectivity index (χ3v) is 4.97. The van der Waals surface area contributed by atoms with E-state index in [4.69, 9.17) is 5.73 Å². The predicted octanol–water partition coefficient (Wildman–Crippen LogP) is 3.03. The van der Waals surface area contributed by atoms with Gasteiger partial charge in [-0.3, -0.25) is 9.48 Å². The van der Waals surface area contributed by atoms with Crippen LogP contribution >= 0.6 is 11.3 Å². The number of anilines is 1. The summed E-state index contributed by atoms with van der Waals surface area (Å²) in [5.74, 6) is 0.369. The van der Waals surface area contributed by atoms with Gasteiger partial charge in [-0.1, -0.05) is 18.2 Å². The molecule has 0 bridgehead atoms. The second kappa shape index (κ2) is 6.18. The molecule has 0 aliphatic heterocycles. The van der Waals surface area contributed by atoms with E-state index in [1.807, 2.05) is 12.3 Å². The number of rotatable bonds is 4. The molecule has 7 heteroatoms. The molecule has 0 spiro atoms. The van der Waals surface area contributed by atoms with E-state index in [1.165, 1.54) is 11.8 Å². The summed E-state index contributed by atoms with van der Waals surface area (Å²) in [5, 5.41) is 11.3. The molecule has 0 saturated heterocycles. The number of nitrogen functional groups attached to an aromatic ring is 1. The monoisotopic (exact) mass is 351 g/mol. The average molecular weight is 351 g/mol. The molecule has 25 heavy (non-hydrogen) atoms. The van der Waals surface area contributed by atoms with Gasteiger partial charge in [-0.2, -0.15) is 5.10 Å². The lowest BCUT2D eigenvalue weighted by Crippen LogP contribution is -2.24. The maximum Gasteiger partial charge on any atom is 0.216 e. The molecule has 0 atom stereocenters. The van der Waals surface area contributed by atoms with Crippen LogP contribution in [0.4, 0.5) is 5.82 Å². The zero-order valence-electron chi connectivity index (χ0n) is 13.7. The van der Waals surface area contributed by atoms with Gasteiger partial charge in [-0.15, -0.1) is 11.3 Å². The molecular weight excluding hydrogens is 334 g/mol. The lowest BCUT2D eigenvalue weighted by atomic mass is 10.1. The Bertz CT molecular complexity index is 1070. The van der Waals surface area contributed by atoms with Crippen LogP contribution in [0.3, 0.4) is 0 Å². The van der Waals surface area contributed by atoms with Crippen LogP contribution in [0, 0.1) is 0 Å². The van der Waals surface area contributed by atoms with E-state index < -0.39 is 0 Å². The van der Waals surface area contributed by atoms with E-state index in [-0.39, 0.29) is 5.91 Å². The fourth-order valence-corrected chi connectivity index (χ4v) is 3.62. The normalized spacial score (nSPS) is 11.2. The summed E-state index contributed by atoms with van der Waals surface area (Å²) in [6, 6.07) is 10.4. The van der Waals surface area contributed by atoms with Gasteiger partial charge >= 0.3 is 0 Å². The standard InChI is InChI=1S/C18H17N5OS/c1-11(24)20-6-7-23-10-14-13-5-4-12(16-3-2-8-25-16)9-15(13)21-18(19)17(14)22-23/h2-5,8-10H,6-7H2,1H3,(H2,19,21)(H,20,24). The van der Waals surface area contributed by atoms with Crippen LogP contribution in [-0.4, -0.2) is 27.2 Å². The van der Waals surface area contributed by atoms with Crippen LogP contribution in [0.5, 0.6) is 0 Å². The summed E-state index contributed by atoms with van der Waals surface area (Å²) in [6.07, 6.45) is 1.96. The number of fused-ring (bicyclic) bond motifs is 3. The van der Waals surface area contributed by atoms with E-state index in [1.54, 1.807) is 16.0 Å². The Kier molecular flexibility index (Phi) is 3.85. The molecule has 0 radical (unpaired) electrons. The summed E-state index contributed by atoms with van der Waals surface area (Å²) >= 11 is 1.70. The Morgan fingerprint density at radius 2 is 2.20 bits per heavy atom. The molecule has 3 aromatic heterocycles. The predicted molar refractivity (Wildman–Crippen MR) is 101 cm³/mol. The SMILES string of the molecule is CC(=O)NCCn1cc2c(n1)c(N)nc1cc(-c3cccs3)ccc12. The number of hydrogen-bond donors (Lipinski definition) is 2. The van der Waals surface area contributed by atoms with Crippen molar-refractivity contribution in [1.29, 1.82) is 0 Å². The first-order valence-corrected chi connectivity index (χ1v) is 8.84. The Morgan fingerprint density at radius 3 is 2.96 bits per heavy atom. The highest BCUT2D eigenvalue weighted by Crippen LogP contribution is 2.31. The van der Waals surface area contributed by atoms with Crippen LogP contribution in [0.25, 0.3) is 32.2 Å². The van der Waals surface area contributed by atoms with Gasteiger partial charge < -0.3 is 11.1 Å².